The lowest BCUT2D eigenvalue weighted by molar-refractivity contribution is 1.09. The lowest BCUT2D eigenvalue weighted by atomic mass is 10.6. The van der Waals surface area contributed by atoms with Crippen LogP contribution in [0.3, 0.4) is 0 Å². The molecule has 0 aliphatic carbocycles. The highest BCUT2D eigenvalue weighted by Gasteiger charge is 1.35. The molecular formula is C3H40Cl8N8. The fraction of sp³-hybridized carbons (Fsp3) is 1.00. The van der Waals surface area contributed by atoms with Crippen molar-refractivity contribution in [1.29, 1.82) is 0 Å². The van der Waals surface area contributed by atoms with Gasteiger partial charge in [-0.05, 0) is 0 Å². The van der Waals surface area contributed by atoms with Crippen LogP contribution in [0.4, 0.5) is 0 Å². The van der Waals surface area contributed by atoms with Crippen LogP contribution in [0.2, 0.25) is 0 Å². The molecule has 0 aliphatic heterocycles. The summed E-state index contributed by atoms with van der Waals surface area (Å²) in [6, 6.07) is 0. The molecule has 19 heavy (non-hydrogen) atoms. The van der Waals surface area contributed by atoms with Crippen molar-refractivity contribution in [3.05, 3.63) is 0 Å². The third-order valence-corrected chi connectivity index (χ3v) is 0. The van der Waals surface area contributed by atoms with Gasteiger partial charge in [0, 0.05) is 0 Å². The Balaban J connectivity index is -0.000000000167. The van der Waals surface area contributed by atoms with Gasteiger partial charge in [-0.2, -0.15) is 0 Å². The molecule has 0 bridgehead atoms. The van der Waals surface area contributed by atoms with Crippen molar-refractivity contribution in [2.24, 2.45) is 0 Å². The molecule has 16 heteroatoms. The van der Waals surface area contributed by atoms with E-state index in [0.717, 1.165) is 0 Å². The minimum absolute atomic E-state index is 0. The normalized spacial score (nSPS) is 0.947. The van der Waals surface area contributed by atoms with Crippen molar-refractivity contribution in [3.8, 4) is 0 Å². The third-order valence-electron chi connectivity index (χ3n) is 0. The SMILES string of the molecule is CCC.Cl.Cl.Cl.Cl.Cl.Cl.Cl.Cl.N.N.N.N.N.N.N.N. The zero-order valence-corrected chi connectivity index (χ0v) is 18.2. The summed E-state index contributed by atoms with van der Waals surface area (Å²) in [7, 11) is 0. The molecular weight excluding hydrogens is 432 g/mol. The quantitative estimate of drug-likeness (QED) is 0.204. The summed E-state index contributed by atoms with van der Waals surface area (Å²) in [5.41, 5.74) is 0. The standard InChI is InChI=1S/C3H8.8ClH.8H3N/c1-3-2;;;;;;;;;;;;;;;;/h3H2,1-2H3;8*1H;8*1H3. The van der Waals surface area contributed by atoms with Crippen LogP contribution in [0, 0.1) is 0 Å². The zero-order chi connectivity index (χ0) is 2.71. The maximum absolute atomic E-state index is 2.12. The van der Waals surface area contributed by atoms with Crippen LogP contribution in [0.1, 0.15) is 20.3 Å². The average molecular weight is 472 g/mol. The van der Waals surface area contributed by atoms with Crippen LogP contribution in [-0.4, -0.2) is 0 Å². The van der Waals surface area contributed by atoms with Crippen LogP contribution >= 0.6 is 99.3 Å². The summed E-state index contributed by atoms with van der Waals surface area (Å²) in [5.74, 6) is 0. The van der Waals surface area contributed by atoms with Gasteiger partial charge in [0.1, 0.15) is 0 Å². The van der Waals surface area contributed by atoms with Gasteiger partial charge in [-0.25, -0.2) is 0 Å². The number of rotatable bonds is 0. The van der Waals surface area contributed by atoms with Crippen LogP contribution in [-0.2, 0) is 0 Å². The Morgan fingerprint density at radius 2 is 0.316 bits per heavy atom. The second-order valence-electron chi connectivity index (χ2n) is 0.707. The Bertz CT molecular complexity index is 28.0. The maximum atomic E-state index is 2.12. The molecule has 24 N–H and O–H groups in total. The predicted octanol–water partition coefficient (Wildman–Crippen LogP) is 6.09. The maximum Gasteiger partial charge on any atom is -0.0590 e. The smallest absolute Gasteiger partial charge is 0.0590 e. The number of halogens is 8. The Morgan fingerprint density at radius 1 is 0.316 bits per heavy atom. The molecule has 0 aromatic rings. The van der Waals surface area contributed by atoms with Crippen molar-refractivity contribution in [2.75, 3.05) is 0 Å². The summed E-state index contributed by atoms with van der Waals surface area (Å²) in [6.07, 6.45) is 1.25. The Morgan fingerprint density at radius 3 is 0.316 bits per heavy atom. The van der Waals surface area contributed by atoms with Crippen molar-refractivity contribution >= 4 is 99.3 Å². The van der Waals surface area contributed by atoms with Crippen molar-refractivity contribution in [3.63, 3.8) is 0 Å². The molecule has 0 unspecified atom stereocenters. The molecule has 0 aliphatic rings. The highest BCUT2D eigenvalue weighted by molar-refractivity contribution is 5.86. The van der Waals surface area contributed by atoms with Gasteiger partial charge in [0.15, 0.2) is 0 Å². The summed E-state index contributed by atoms with van der Waals surface area (Å²) >= 11 is 0. The molecule has 0 fully saturated rings. The Labute approximate surface area is 168 Å². The highest BCUT2D eigenvalue weighted by Crippen LogP contribution is 1.56. The van der Waals surface area contributed by atoms with Crippen LogP contribution < -0.4 is 49.2 Å². The van der Waals surface area contributed by atoms with Gasteiger partial charge in [0.05, 0.1) is 0 Å². The van der Waals surface area contributed by atoms with Crippen molar-refractivity contribution < 1.29 is 0 Å². The van der Waals surface area contributed by atoms with E-state index in [1.165, 1.54) is 6.42 Å². The molecule has 0 saturated carbocycles. The van der Waals surface area contributed by atoms with Crippen molar-refractivity contribution in [1.82, 2.24) is 49.2 Å². The lowest BCUT2D eigenvalue weighted by Crippen LogP contribution is -1.27. The first-order valence-electron chi connectivity index (χ1n) is 1.41. The largest absolute Gasteiger partial charge is 0.344 e. The molecule has 0 atom stereocenters. The van der Waals surface area contributed by atoms with E-state index in [1.807, 2.05) is 0 Å². The first-order chi connectivity index (χ1) is 1.41. The molecule has 0 rings (SSSR count). The number of hydrogen-bond donors (Lipinski definition) is 8. The van der Waals surface area contributed by atoms with Crippen molar-refractivity contribution in [2.45, 2.75) is 20.3 Å². The lowest BCUT2D eigenvalue weighted by Gasteiger charge is -1.48. The summed E-state index contributed by atoms with van der Waals surface area (Å²) < 4.78 is 0. The molecule has 0 heterocycles. The molecule has 0 spiro atoms. The van der Waals surface area contributed by atoms with Gasteiger partial charge in [-0.1, -0.05) is 20.3 Å². The van der Waals surface area contributed by atoms with Crippen LogP contribution in [0.15, 0.2) is 0 Å². The number of hydrogen-bond acceptors (Lipinski definition) is 8. The van der Waals surface area contributed by atoms with E-state index < -0.39 is 0 Å². The molecule has 0 amide bonds. The van der Waals surface area contributed by atoms with Gasteiger partial charge in [0.25, 0.3) is 0 Å². The zero-order valence-electron chi connectivity index (χ0n) is 11.6. The van der Waals surface area contributed by atoms with E-state index in [4.69, 9.17) is 0 Å². The van der Waals surface area contributed by atoms with E-state index >= 15 is 0 Å². The second-order valence-corrected chi connectivity index (χ2v) is 0.707. The molecule has 0 aromatic carbocycles. The predicted molar refractivity (Wildman–Crippen MR) is 114 cm³/mol. The summed E-state index contributed by atoms with van der Waals surface area (Å²) in [4.78, 5) is 0. The van der Waals surface area contributed by atoms with E-state index in [1.54, 1.807) is 0 Å². The minimum Gasteiger partial charge on any atom is -0.344 e. The Hall–Kier alpha value is 2.00. The van der Waals surface area contributed by atoms with Gasteiger partial charge >= 0.3 is 0 Å². The minimum atomic E-state index is 0. The fourth-order valence-corrected chi connectivity index (χ4v) is 0. The van der Waals surface area contributed by atoms with Gasteiger partial charge < -0.3 is 49.2 Å². The van der Waals surface area contributed by atoms with Gasteiger partial charge in [-0.3, -0.25) is 0 Å². The van der Waals surface area contributed by atoms with E-state index in [2.05, 4.69) is 13.8 Å². The molecule has 0 saturated heterocycles. The average Bonchev–Trinajstić information content (AvgIpc) is 0.918. The molecule has 148 valence electrons. The van der Waals surface area contributed by atoms with Crippen LogP contribution in [0.25, 0.3) is 0 Å². The highest BCUT2D eigenvalue weighted by atomic mass is 35.5. The summed E-state index contributed by atoms with van der Waals surface area (Å²) in [6.45, 7) is 4.25. The van der Waals surface area contributed by atoms with E-state index in [-0.39, 0.29) is 148 Å². The molecule has 0 aromatic heterocycles. The van der Waals surface area contributed by atoms with Gasteiger partial charge in [0.2, 0.25) is 0 Å². The topological polar surface area (TPSA) is 280 Å². The fourth-order valence-electron chi connectivity index (χ4n) is 0. The second kappa shape index (κ2) is 802. The first kappa shape index (κ1) is 525. The monoisotopic (exact) mass is 468 g/mol. The van der Waals surface area contributed by atoms with Crippen LogP contribution in [0.5, 0.6) is 0 Å². The first-order valence-corrected chi connectivity index (χ1v) is 1.41. The molecule has 8 nitrogen and oxygen atoms in total. The Kier molecular flexibility index (Phi) is 22200. The van der Waals surface area contributed by atoms with Gasteiger partial charge in [-0.15, -0.1) is 99.3 Å². The van der Waals surface area contributed by atoms with E-state index in [0.29, 0.717) is 0 Å². The molecule has 0 radical (unpaired) electrons. The third kappa shape index (κ3) is 1620. The summed E-state index contributed by atoms with van der Waals surface area (Å²) in [5, 5.41) is 0. The van der Waals surface area contributed by atoms with E-state index in [9.17, 15) is 0 Å².